The number of rotatable bonds is 5. The molecule has 6 nitrogen and oxygen atoms in total. The molecule has 1 heterocycles. The number of sulfonamides is 1. The van der Waals surface area contributed by atoms with Crippen molar-refractivity contribution in [2.75, 3.05) is 26.2 Å². The molecule has 0 radical (unpaired) electrons. The maximum atomic E-state index is 12.8. The molecule has 0 saturated carbocycles. The van der Waals surface area contributed by atoms with Crippen LogP contribution in [-0.2, 0) is 14.8 Å². The van der Waals surface area contributed by atoms with Gasteiger partial charge in [-0.3, -0.25) is 4.79 Å². The van der Waals surface area contributed by atoms with Gasteiger partial charge in [0, 0.05) is 30.7 Å². The monoisotopic (exact) mass is 466 g/mol. The number of piperazine rings is 1. The number of hydrogen-bond acceptors (Lipinski definition) is 4. The lowest BCUT2D eigenvalue weighted by Gasteiger charge is -2.35. The second kappa shape index (κ2) is 8.63. The molecule has 28 heavy (non-hydrogen) atoms. The second-order valence-electron chi connectivity index (χ2n) is 6.76. The number of halogens is 1. The van der Waals surface area contributed by atoms with Crippen LogP contribution in [0.25, 0.3) is 0 Å². The van der Waals surface area contributed by atoms with Gasteiger partial charge in [-0.2, -0.15) is 4.31 Å². The molecule has 3 rings (SSSR count). The smallest absolute Gasteiger partial charge is 0.263 e. The number of ether oxygens (including phenoxy) is 1. The molecular weight excluding hydrogens is 444 g/mol. The van der Waals surface area contributed by atoms with Gasteiger partial charge in [-0.1, -0.05) is 39.7 Å². The third kappa shape index (κ3) is 4.74. The van der Waals surface area contributed by atoms with E-state index < -0.39 is 16.1 Å². The number of carbonyl (C=O) groups is 1. The van der Waals surface area contributed by atoms with Crippen LogP contribution in [0, 0.1) is 6.92 Å². The van der Waals surface area contributed by atoms with Crippen LogP contribution in [0.15, 0.2) is 57.9 Å². The van der Waals surface area contributed by atoms with Crippen LogP contribution < -0.4 is 4.74 Å². The summed E-state index contributed by atoms with van der Waals surface area (Å²) in [6.07, 6.45) is -0.629. The summed E-state index contributed by atoms with van der Waals surface area (Å²) in [5.41, 5.74) is 1.12. The van der Waals surface area contributed by atoms with Gasteiger partial charge < -0.3 is 9.64 Å². The molecule has 0 spiro atoms. The Morgan fingerprint density at radius 1 is 1.07 bits per heavy atom. The molecule has 2 aromatic carbocycles. The minimum Gasteiger partial charge on any atom is -0.481 e. The highest BCUT2D eigenvalue weighted by Gasteiger charge is 2.32. The van der Waals surface area contributed by atoms with Crippen molar-refractivity contribution < 1.29 is 17.9 Å². The zero-order valence-corrected chi connectivity index (χ0v) is 18.2. The molecule has 0 N–H and O–H groups in total. The van der Waals surface area contributed by atoms with Crippen molar-refractivity contribution in [3.8, 4) is 5.75 Å². The lowest BCUT2D eigenvalue weighted by molar-refractivity contribution is -0.139. The maximum Gasteiger partial charge on any atom is 0.263 e. The van der Waals surface area contributed by atoms with E-state index in [1.54, 1.807) is 36.1 Å². The summed E-state index contributed by atoms with van der Waals surface area (Å²) in [6, 6.07) is 14.2. The molecule has 1 fully saturated rings. The SMILES string of the molecule is Cc1ccc(OC(C)C(=O)N2CCN(S(=O)(=O)c3cccc(Br)c3)CC2)cc1. The second-order valence-corrected chi connectivity index (χ2v) is 9.61. The van der Waals surface area contributed by atoms with Gasteiger partial charge in [0.15, 0.2) is 6.10 Å². The lowest BCUT2D eigenvalue weighted by Crippen LogP contribution is -2.53. The zero-order valence-electron chi connectivity index (χ0n) is 15.8. The van der Waals surface area contributed by atoms with Crippen molar-refractivity contribution in [1.29, 1.82) is 0 Å². The maximum absolute atomic E-state index is 12.8. The first-order valence-corrected chi connectivity index (χ1v) is 11.3. The Hall–Kier alpha value is -1.90. The van der Waals surface area contributed by atoms with Gasteiger partial charge in [-0.25, -0.2) is 8.42 Å². The van der Waals surface area contributed by atoms with Gasteiger partial charge >= 0.3 is 0 Å². The summed E-state index contributed by atoms with van der Waals surface area (Å²) in [5.74, 6) is 0.502. The van der Waals surface area contributed by atoms with E-state index in [-0.39, 0.29) is 23.9 Å². The van der Waals surface area contributed by atoms with E-state index in [2.05, 4.69) is 15.9 Å². The van der Waals surface area contributed by atoms with Crippen molar-refractivity contribution in [2.24, 2.45) is 0 Å². The van der Waals surface area contributed by atoms with E-state index in [0.717, 1.165) is 5.56 Å². The van der Waals surface area contributed by atoms with Gasteiger partial charge in [0.2, 0.25) is 10.0 Å². The van der Waals surface area contributed by atoms with Crippen LogP contribution >= 0.6 is 15.9 Å². The molecule has 2 aromatic rings. The Bertz CT molecular complexity index is 939. The summed E-state index contributed by atoms with van der Waals surface area (Å²) < 4.78 is 33.5. The van der Waals surface area contributed by atoms with Gasteiger partial charge in [0.1, 0.15) is 5.75 Å². The third-order valence-corrected chi connectivity index (χ3v) is 7.05. The molecule has 150 valence electrons. The van der Waals surface area contributed by atoms with E-state index >= 15 is 0 Å². The first-order chi connectivity index (χ1) is 13.3. The van der Waals surface area contributed by atoms with Crippen molar-refractivity contribution in [2.45, 2.75) is 24.8 Å². The molecule has 1 saturated heterocycles. The Morgan fingerprint density at radius 2 is 1.71 bits per heavy atom. The average Bonchev–Trinajstić information content (AvgIpc) is 2.69. The van der Waals surface area contributed by atoms with Crippen LogP contribution in [0.1, 0.15) is 12.5 Å². The van der Waals surface area contributed by atoms with Crippen LogP contribution in [0.5, 0.6) is 5.75 Å². The number of carbonyl (C=O) groups excluding carboxylic acids is 1. The zero-order chi connectivity index (χ0) is 20.3. The normalized spacial score (nSPS) is 16.6. The summed E-state index contributed by atoms with van der Waals surface area (Å²) in [5, 5.41) is 0. The van der Waals surface area contributed by atoms with E-state index in [1.807, 2.05) is 31.2 Å². The highest BCUT2D eigenvalue weighted by Crippen LogP contribution is 2.22. The lowest BCUT2D eigenvalue weighted by atomic mass is 10.2. The first-order valence-electron chi connectivity index (χ1n) is 9.05. The number of hydrogen-bond donors (Lipinski definition) is 0. The Labute approximate surface area is 174 Å². The molecular formula is C20H23BrN2O4S. The van der Waals surface area contributed by atoms with E-state index in [9.17, 15) is 13.2 Å². The highest BCUT2D eigenvalue weighted by atomic mass is 79.9. The van der Waals surface area contributed by atoms with E-state index in [1.165, 1.54) is 4.31 Å². The minimum absolute atomic E-state index is 0.139. The van der Waals surface area contributed by atoms with Crippen LogP contribution in [0.4, 0.5) is 0 Å². The predicted octanol–water partition coefficient (Wildman–Crippen LogP) is 3.06. The largest absolute Gasteiger partial charge is 0.481 e. The Balaban J connectivity index is 1.59. The molecule has 1 atom stereocenters. The molecule has 1 amide bonds. The number of benzene rings is 2. The van der Waals surface area contributed by atoms with Crippen LogP contribution in [-0.4, -0.2) is 55.8 Å². The van der Waals surface area contributed by atoms with Crippen molar-refractivity contribution in [3.05, 3.63) is 58.6 Å². The van der Waals surface area contributed by atoms with Gasteiger partial charge in [-0.15, -0.1) is 0 Å². The quantitative estimate of drug-likeness (QED) is 0.678. The molecule has 8 heteroatoms. The Kier molecular flexibility index (Phi) is 6.42. The van der Waals surface area contributed by atoms with Crippen molar-refractivity contribution in [1.82, 2.24) is 9.21 Å². The fourth-order valence-corrected chi connectivity index (χ4v) is 5.07. The Morgan fingerprint density at radius 3 is 2.32 bits per heavy atom. The third-order valence-electron chi connectivity index (χ3n) is 4.67. The molecule has 0 aromatic heterocycles. The molecule has 0 aliphatic carbocycles. The predicted molar refractivity (Wildman–Crippen MR) is 111 cm³/mol. The van der Waals surface area contributed by atoms with Gasteiger partial charge in [0.05, 0.1) is 4.90 Å². The van der Waals surface area contributed by atoms with Crippen molar-refractivity contribution in [3.63, 3.8) is 0 Å². The summed E-state index contributed by atoms with van der Waals surface area (Å²) in [4.78, 5) is 14.6. The number of amides is 1. The highest BCUT2D eigenvalue weighted by molar-refractivity contribution is 9.10. The topological polar surface area (TPSA) is 66.9 Å². The fraction of sp³-hybridized carbons (Fsp3) is 0.350. The average molecular weight is 467 g/mol. The standard InChI is InChI=1S/C20H23BrN2O4S/c1-15-6-8-18(9-7-15)27-16(2)20(24)22-10-12-23(13-11-22)28(25,26)19-5-3-4-17(21)14-19/h3-9,14,16H,10-13H2,1-2H3. The molecule has 1 aliphatic rings. The number of nitrogens with zero attached hydrogens (tertiary/aromatic N) is 2. The van der Waals surface area contributed by atoms with Crippen molar-refractivity contribution >= 4 is 31.9 Å². The molecule has 1 unspecified atom stereocenters. The molecule has 1 aliphatic heterocycles. The minimum atomic E-state index is -3.57. The molecule has 0 bridgehead atoms. The summed E-state index contributed by atoms with van der Waals surface area (Å²) in [7, 11) is -3.57. The summed E-state index contributed by atoms with van der Waals surface area (Å²) in [6.45, 7) is 4.91. The fourth-order valence-electron chi connectivity index (χ4n) is 3.05. The van der Waals surface area contributed by atoms with Crippen LogP contribution in [0.2, 0.25) is 0 Å². The first kappa shape index (κ1) is 20.8. The van der Waals surface area contributed by atoms with Gasteiger partial charge in [0.25, 0.3) is 5.91 Å². The number of aryl methyl sites for hydroxylation is 1. The van der Waals surface area contributed by atoms with Crippen LogP contribution in [0.3, 0.4) is 0 Å². The van der Waals surface area contributed by atoms with E-state index in [0.29, 0.717) is 23.3 Å². The summed E-state index contributed by atoms with van der Waals surface area (Å²) >= 11 is 3.30. The van der Waals surface area contributed by atoms with Gasteiger partial charge in [-0.05, 0) is 44.2 Å². The van der Waals surface area contributed by atoms with E-state index in [4.69, 9.17) is 4.74 Å².